The molecule has 114 valence electrons. The summed E-state index contributed by atoms with van der Waals surface area (Å²) in [5.41, 5.74) is 5.10. The number of hydrogen-bond donors (Lipinski definition) is 2. The molecule has 3 N–H and O–H groups in total. The molecule has 20 heavy (non-hydrogen) atoms. The van der Waals surface area contributed by atoms with Crippen molar-refractivity contribution in [2.45, 2.75) is 51.5 Å². The quantitative estimate of drug-likeness (QED) is 0.536. The predicted molar refractivity (Wildman–Crippen MR) is 75.0 cm³/mol. The second kappa shape index (κ2) is 7.99. The van der Waals surface area contributed by atoms with Crippen LogP contribution in [0.2, 0.25) is 0 Å². The van der Waals surface area contributed by atoms with E-state index in [2.05, 4.69) is 16.9 Å². The van der Waals surface area contributed by atoms with Gasteiger partial charge < -0.3 is 15.5 Å². The molecule has 1 aromatic heterocycles. The minimum atomic E-state index is -1.66. The van der Waals surface area contributed by atoms with Gasteiger partial charge in [0.25, 0.3) is 0 Å². The van der Waals surface area contributed by atoms with Gasteiger partial charge in [-0.05, 0) is 12.8 Å². The average Bonchev–Trinajstić information content (AvgIpc) is 2.90. The second-order valence-corrected chi connectivity index (χ2v) is 5.02. The number of carbonyl (C=O) groups is 1. The predicted octanol–water partition coefficient (Wildman–Crippen LogP) is 1.91. The van der Waals surface area contributed by atoms with Crippen molar-refractivity contribution in [2.75, 3.05) is 13.3 Å². The molecule has 0 fully saturated rings. The number of imidazole rings is 1. The Hall–Kier alpha value is -1.43. The number of nitrogens with zero attached hydrogens (tertiary/aromatic N) is 1. The van der Waals surface area contributed by atoms with E-state index in [1.165, 1.54) is 0 Å². The Morgan fingerprint density at radius 1 is 1.50 bits per heavy atom. The molecule has 0 aliphatic heterocycles. The van der Waals surface area contributed by atoms with Crippen LogP contribution in [0.25, 0.3) is 0 Å². The molecule has 1 atom stereocenters. The van der Waals surface area contributed by atoms with Crippen molar-refractivity contribution < 1.29 is 13.9 Å². The third-order valence-electron chi connectivity index (χ3n) is 3.17. The summed E-state index contributed by atoms with van der Waals surface area (Å²) in [4.78, 5) is 19.0. The summed E-state index contributed by atoms with van der Waals surface area (Å²) in [7, 11) is 0. The van der Waals surface area contributed by atoms with Crippen LogP contribution in [0.5, 0.6) is 0 Å². The molecule has 0 spiro atoms. The lowest BCUT2D eigenvalue weighted by Crippen LogP contribution is -2.53. The number of aryl methyl sites for hydroxylation is 1. The number of carbonyl (C=O) groups excluding carboxylic acids is 1. The molecular formula is C14H24FN3O2. The monoisotopic (exact) mass is 285 g/mol. The largest absolute Gasteiger partial charge is 0.464 e. The average molecular weight is 285 g/mol. The molecule has 0 aliphatic carbocycles. The van der Waals surface area contributed by atoms with Crippen molar-refractivity contribution in [1.82, 2.24) is 9.97 Å². The Morgan fingerprint density at radius 3 is 2.80 bits per heavy atom. The molecule has 0 saturated heterocycles. The van der Waals surface area contributed by atoms with Gasteiger partial charge >= 0.3 is 5.97 Å². The summed E-state index contributed by atoms with van der Waals surface area (Å²) in [5.74, 6) is -0.196. The smallest absolute Gasteiger partial charge is 0.329 e. The summed E-state index contributed by atoms with van der Waals surface area (Å²) in [6.07, 6.45) is 5.24. The van der Waals surface area contributed by atoms with Crippen LogP contribution in [0, 0.1) is 0 Å². The van der Waals surface area contributed by atoms with E-state index >= 15 is 0 Å². The topological polar surface area (TPSA) is 81.0 Å². The van der Waals surface area contributed by atoms with Crippen LogP contribution in [0.1, 0.15) is 44.6 Å². The number of H-pyrrole nitrogens is 1. The van der Waals surface area contributed by atoms with E-state index in [0.29, 0.717) is 5.82 Å². The Bertz CT molecular complexity index is 422. The Labute approximate surface area is 119 Å². The first-order valence-corrected chi connectivity index (χ1v) is 7.10. The van der Waals surface area contributed by atoms with E-state index < -0.39 is 18.2 Å². The zero-order valence-corrected chi connectivity index (χ0v) is 12.2. The van der Waals surface area contributed by atoms with Crippen molar-refractivity contribution >= 4 is 5.97 Å². The van der Waals surface area contributed by atoms with Gasteiger partial charge in [-0.25, -0.2) is 14.2 Å². The number of hydrogen-bond acceptors (Lipinski definition) is 4. The first-order chi connectivity index (χ1) is 9.55. The summed E-state index contributed by atoms with van der Waals surface area (Å²) < 4.78 is 18.2. The van der Waals surface area contributed by atoms with Crippen LogP contribution in [0.4, 0.5) is 4.39 Å². The lowest BCUT2D eigenvalue weighted by atomic mass is 9.98. The fraction of sp³-hybridized carbons (Fsp3) is 0.714. The molecule has 1 heterocycles. The van der Waals surface area contributed by atoms with E-state index in [9.17, 15) is 9.18 Å². The molecule has 1 unspecified atom stereocenters. The van der Waals surface area contributed by atoms with Crippen molar-refractivity contribution in [3.63, 3.8) is 0 Å². The van der Waals surface area contributed by atoms with Crippen LogP contribution in [0.3, 0.4) is 0 Å². The van der Waals surface area contributed by atoms with Gasteiger partial charge in [-0.2, -0.15) is 0 Å². The Morgan fingerprint density at radius 2 is 2.25 bits per heavy atom. The fourth-order valence-corrected chi connectivity index (χ4v) is 1.81. The summed E-state index contributed by atoms with van der Waals surface area (Å²) in [5, 5.41) is 0. The van der Waals surface area contributed by atoms with Gasteiger partial charge in [0.05, 0.1) is 6.61 Å². The van der Waals surface area contributed by atoms with E-state index in [4.69, 9.17) is 10.5 Å². The Kier molecular flexibility index (Phi) is 6.64. The number of aromatic nitrogens is 2. The normalized spacial score (nSPS) is 14.0. The third-order valence-corrected chi connectivity index (χ3v) is 3.17. The fourth-order valence-electron chi connectivity index (χ4n) is 1.81. The van der Waals surface area contributed by atoms with Gasteiger partial charge in [-0.3, -0.25) is 0 Å². The number of alkyl halides is 1. The lowest BCUT2D eigenvalue weighted by Gasteiger charge is -2.23. The number of halogens is 1. The van der Waals surface area contributed by atoms with E-state index in [-0.39, 0.29) is 13.0 Å². The van der Waals surface area contributed by atoms with Gasteiger partial charge in [0.2, 0.25) is 0 Å². The first-order valence-electron chi connectivity index (χ1n) is 7.10. The van der Waals surface area contributed by atoms with Crippen LogP contribution in [0.15, 0.2) is 6.20 Å². The second-order valence-electron chi connectivity index (χ2n) is 5.02. The van der Waals surface area contributed by atoms with Crippen molar-refractivity contribution in [2.24, 2.45) is 5.73 Å². The first kappa shape index (κ1) is 16.6. The lowest BCUT2D eigenvalue weighted by molar-refractivity contribution is -0.151. The highest BCUT2D eigenvalue weighted by Gasteiger charge is 2.37. The maximum absolute atomic E-state index is 13.2. The SMILES string of the molecule is CCCCCOC(=O)C(N)(CF)Cc1ncc(CC)[nH]1. The van der Waals surface area contributed by atoms with Crippen molar-refractivity contribution in [1.29, 1.82) is 0 Å². The number of esters is 1. The molecular weight excluding hydrogens is 261 g/mol. The van der Waals surface area contributed by atoms with Crippen LogP contribution in [-0.2, 0) is 22.4 Å². The Balaban J connectivity index is 2.58. The summed E-state index contributed by atoms with van der Waals surface area (Å²) >= 11 is 0. The van der Waals surface area contributed by atoms with Crippen LogP contribution in [-0.4, -0.2) is 34.8 Å². The van der Waals surface area contributed by atoms with Crippen molar-refractivity contribution in [3.05, 3.63) is 17.7 Å². The number of nitrogens with one attached hydrogen (secondary N) is 1. The number of ether oxygens (including phenoxy) is 1. The van der Waals surface area contributed by atoms with E-state index in [0.717, 1.165) is 31.4 Å². The third kappa shape index (κ3) is 4.59. The van der Waals surface area contributed by atoms with Gasteiger partial charge in [-0.15, -0.1) is 0 Å². The highest BCUT2D eigenvalue weighted by Crippen LogP contribution is 2.13. The van der Waals surface area contributed by atoms with Crippen molar-refractivity contribution in [3.8, 4) is 0 Å². The molecule has 6 heteroatoms. The van der Waals surface area contributed by atoms with Gasteiger partial charge in [0.1, 0.15) is 18.0 Å². The van der Waals surface area contributed by atoms with Gasteiger partial charge in [-0.1, -0.05) is 26.7 Å². The highest BCUT2D eigenvalue weighted by atomic mass is 19.1. The molecule has 1 aromatic rings. The zero-order valence-electron chi connectivity index (χ0n) is 12.2. The standard InChI is InChI=1S/C14H24FN3O2/c1-3-5-6-7-20-13(19)14(16,10-15)8-12-17-9-11(4-2)18-12/h9H,3-8,10,16H2,1-2H3,(H,17,18). The number of aromatic amines is 1. The van der Waals surface area contributed by atoms with Crippen LogP contribution >= 0.6 is 0 Å². The minimum Gasteiger partial charge on any atom is -0.464 e. The maximum atomic E-state index is 13.2. The van der Waals surface area contributed by atoms with Gasteiger partial charge in [0, 0.05) is 18.3 Å². The van der Waals surface area contributed by atoms with Crippen LogP contribution < -0.4 is 5.73 Å². The molecule has 0 saturated carbocycles. The molecule has 0 amide bonds. The molecule has 1 rings (SSSR count). The van der Waals surface area contributed by atoms with E-state index in [1.807, 2.05) is 6.92 Å². The molecule has 0 aliphatic rings. The molecule has 0 radical (unpaired) electrons. The molecule has 0 bridgehead atoms. The number of unbranched alkanes of at least 4 members (excludes halogenated alkanes) is 2. The maximum Gasteiger partial charge on any atom is 0.329 e. The minimum absolute atomic E-state index is 0.0100. The molecule has 0 aromatic carbocycles. The molecule has 5 nitrogen and oxygen atoms in total. The highest BCUT2D eigenvalue weighted by molar-refractivity contribution is 5.81. The van der Waals surface area contributed by atoms with Gasteiger partial charge in [0.15, 0.2) is 0 Å². The summed E-state index contributed by atoms with van der Waals surface area (Å²) in [6, 6.07) is 0. The zero-order chi connectivity index (χ0) is 15.0. The van der Waals surface area contributed by atoms with E-state index in [1.54, 1.807) is 6.20 Å². The number of nitrogens with two attached hydrogens (primary N) is 1. The summed E-state index contributed by atoms with van der Waals surface area (Å²) in [6.45, 7) is 3.34. The number of rotatable bonds is 9.